The third-order valence-electron chi connectivity index (χ3n) is 3.78. The van der Waals surface area contributed by atoms with Gasteiger partial charge in [-0.25, -0.2) is 0 Å². The highest BCUT2D eigenvalue weighted by atomic mass is 32.2. The number of hydrogen-bond acceptors (Lipinski definition) is 8. The Morgan fingerprint density at radius 2 is 1.59 bits per heavy atom. The predicted molar refractivity (Wildman–Crippen MR) is 109 cm³/mol. The Balaban J connectivity index is 1.90. The lowest BCUT2D eigenvalue weighted by molar-refractivity contribution is -0.301. The molecule has 0 aliphatic carbocycles. The number of carbonyl (C=O) groups excluding carboxylic acids is 1. The third kappa shape index (κ3) is 5.41. The van der Waals surface area contributed by atoms with Gasteiger partial charge in [-0.15, -0.1) is 10.2 Å². The van der Waals surface area contributed by atoms with Gasteiger partial charge < -0.3 is 24.7 Å². The van der Waals surface area contributed by atoms with Crippen LogP contribution in [0.15, 0.2) is 53.7 Å². The second kappa shape index (κ2) is 9.83. The molecule has 0 amide bonds. The molecule has 0 atom stereocenters. The zero-order valence-electron chi connectivity index (χ0n) is 16.1. The van der Waals surface area contributed by atoms with Gasteiger partial charge in [-0.2, -0.15) is 0 Å². The molecule has 9 heteroatoms. The van der Waals surface area contributed by atoms with E-state index in [1.807, 2.05) is 62.4 Å². The topological polar surface area (TPSA) is 101 Å². The SMILES string of the molecule is CCOc1ccc(Nc2nnc(SCC(=O)[O-])n2-c2ccc(OCC)cc2)cc1. The van der Waals surface area contributed by atoms with Gasteiger partial charge in [0.25, 0.3) is 0 Å². The minimum atomic E-state index is -1.17. The number of rotatable bonds is 10. The van der Waals surface area contributed by atoms with Crippen LogP contribution in [0.4, 0.5) is 11.6 Å². The number of aliphatic carboxylic acids is 1. The first-order valence-corrected chi connectivity index (χ1v) is 10.1. The summed E-state index contributed by atoms with van der Waals surface area (Å²) in [5.41, 5.74) is 1.57. The summed E-state index contributed by atoms with van der Waals surface area (Å²) in [6.07, 6.45) is 0. The quantitative estimate of drug-likeness (QED) is 0.506. The summed E-state index contributed by atoms with van der Waals surface area (Å²) >= 11 is 1.04. The van der Waals surface area contributed by atoms with Crippen molar-refractivity contribution in [3.63, 3.8) is 0 Å². The molecule has 0 unspecified atom stereocenters. The molecule has 1 heterocycles. The molecule has 0 saturated carbocycles. The van der Waals surface area contributed by atoms with E-state index >= 15 is 0 Å². The van der Waals surface area contributed by atoms with E-state index in [4.69, 9.17) is 9.47 Å². The molecule has 0 aliphatic heterocycles. The molecule has 8 nitrogen and oxygen atoms in total. The van der Waals surface area contributed by atoms with E-state index in [2.05, 4.69) is 15.5 Å². The van der Waals surface area contributed by atoms with Crippen molar-refractivity contribution in [2.75, 3.05) is 24.3 Å². The first-order chi connectivity index (χ1) is 14.1. The lowest BCUT2D eigenvalue weighted by Gasteiger charge is -2.13. The van der Waals surface area contributed by atoms with Crippen LogP contribution in [0.25, 0.3) is 5.69 Å². The summed E-state index contributed by atoms with van der Waals surface area (Å²) in [6, 6.07) is 14.9. The number of nitrogens with zero attached hydrogens (tertiary/aromatic N) is 3. The number of carboxylic acid groups (broad SMARTS) is 1. The Morgan fingerprint density at radius 1 is 1.00 bits per heavy atom. The van der Waals surface area contributed by atoms with Crippen LogP contribution >= 0.6 is 11.8 Å². The van der Waals surface area contributed by atoms with Crippen LogP contribution < -0.4 is 19.9 Å². The van der Waals surface area contributed by atoms with Crippen molar-refractivity contribution in [2.24, 2.45) is 0 Å². The molecule has 0 bridgehead atoms. The Bertz CT molecular complexity index is 942. The van der Waals surface area contributed by atoms with Gasteiger partial charge in [0.1, 0.15) is 11.5 Å². The van der Waals surface area contributed by atoms with E-state index < -0.39 is 5.97 Å². The van der Waals surface area contributed by atoms with Crippen LogP contribution in [0.3, 0.4) is 0 Å². The van der Waals surface area contributed by atoms with Gasteiger partial charge in [-0.1, -0.05) is 11.8 Å². The number of carbonyl (C=O) groups is 1. The fourth-order valence-corrected chi connectivity index (χ4v) is 3.26. The molecule has 0 aliphatic rings. The molecule has 3 rings (SSSR count). The van der Waals surface area contributed by atoms with Gasteiger partial charge in [0.05, 0.1) is 24.9 Å². The molecule has 0 saturated heterocycles. The normalized spacial score (nSPS) is 10.6. The maximum absolute atomic E-state index is 10.9. The molecular formula is C20H21N4O4S-. The van der Waals surface area contributed by atoms with Crippen molar-refractivity contribution >= 4 is 29.4 Å². The largest absolute Gasteiger partial charge is 0.549 e. The van der Waals surface area contributed by atoms with E-state index in [1.165, 1.54) is 0 Å². The Kier molecular flexibility index (Phi) is 6.96. The molecule has 0 radical (unpaired) electrons. The Morgan fingerprint density at radius 3 is 2.14 bits per heavy atom. The highest BCUT2D eigenvalue weighted by Gasteiger charge is 2.15. The number of aromatic nitrogens is 3. The summed E-state index contributed by atoms with van der Waals surface area (Å²) in [5, 5.41) is 22.9. The molecule has 1 aromatic heterocycles. The van der Waals surface area contributed by atoms with Crippen LogP contribution in [-0.2, 0) is 4.79 Å². The third-order valence-corrected chi connectivity index (χ3v) is 4.68. The average molecular weight is 413 g/mol. The van der Waals surface area contributed by atoms with Crippen molar-refractivity contribution in [3.8, 4) is 17.2 Å². The maximum atomic E-state index is 10.9. The van der Waals surface area contributed by atoms with E-state index in [1.54, 1.807) is 4.57 Å². The second-order valence-corrected chi connectivity index (χ2v) is 6.75. The summed E-state index contributed by atoms with van der Waals surface area (Å²) in [5.74, 6) is 0.583. The van der Waals surface area contributed by atoms with Crippen LogP contribution in [-0.4, -0.2) is 39.7 Å². The van der Waals surface area contributed by atoms with Gasteiger partial charge >= 0.3 is 0 Å². The van der Waals surface area contributed by atoms with Gasteiger partial charge in [0, 0.05) is 11.4 Å². The zero-order valence-corrected chi connectivity index (χ0v) is 16.9. The van der Waals surface area contributed by atoms with Gasteiger partial charge in [-0.3, -0.25) is 4.57 Å². The van der Waals surface area contributed by atoms with Gasteiger partial charge in [0.15, 0.2) is 5.16 Å². The zero-order chi connectivity index (χ0) is 20.6. The number of ether oxygens (including phenoxy) is 2. The first kappa shape index (κ1) is 20.5. The molecule has 1 N–H and O–H groups in total. The molecular weight excluding hydrogens is 392 g/mol. The second-order valence-electron chi connectivity index (χ2n) is 5.81. The molecule has 152 valence electrons. The number of thioether (sulfide) groups is 1. The van der Waals surface area contributed by atoms with E-state index in [-0.39, 0.29) is 5.75 Å². The molecule has 29 heavy (non-hydrogen) atoms. The highest BCUT2D eigenvalue weighted by Crippen LogP contribution is 2.28. The summed E-state index contributed by atoms with van der Waals surface area (Å²) in [7, 11) is 0. The predicted octanol–water partition coefficient (Wildman–Crippen LogP) is 2.65. The smallest absolute Gasteiger partial charge is 0.234 e. The van der Waals surface area contributed by atoms with Crippen LogP contribution in [0.5, 0.6) is 11.5 Å². The fourth-order valence-electron chi connectivity index (χ4n) is 2.59. The van der Waals surface area contributed by atoms with E-state index in [0.717, 1.165) is 34.6 Å². The van der Waals surface area contributed by atoms with E-state index in [9.17, 15) is 9.90 Å². The first-order valence-electron chi connectivity index (χ1n) is 9.12. The lowest BCUT2D eigenvalue weighted by Crippen LogP contribution is -2.24. The monoisotopic (exact) mass is 413 g/mol. The Hall–Kier alpha value is -3.20. The van der Waals surface area contributed by atoms with Crippen molar-refractivity contribution in [1.29, 1.82) is 0 Å². The molecule has 0 spiro atoms. The van der Waals surface area contributed by atoms with E-state index in [0.29, 0.717) is 24.3 Å². The standard InChI is InChI=1S/C20H22N4O4S/c1-3-27-16-9-5-14(6-10-16)21-19-22-23-20(29-13-18(25)26)24(19)15-7-11-17(12-8-15)28-4-2/h5-12H,3-4,13H2,1-2H3,(H,21,22)(H,25,26)/p-1. The van der Waals surface area contributed by atoms with Crippen LogP contribution in [0.2, 0.25) is 0 Å². The minimum absolute atomic E-state index is 0.224. The molecule has 3 aromatic rings. The molecule has 2 aromatic carbocycles. The van der Waals surface area contributed by atoms with Crippen molar-refractivity contribution < 1.29 is 19.4 Å². The summed E-state index contributed by atoms with van der Waals surface area (Å²) < 4.78 is 12.7. The van der Waals surface area contributed by atoms with Crippen molar-refractivity contribution in [3.05, 3.63) is 48.5 Å². The maximum Gasteiger partial charge on any atom is 0.234 e. The van der Waals surface area contributed by atoms with Crippen molar-refractivity contribution in [1.82, 2.24) is 14.8 Å². The number of hydrogen-bond donors (Lipinski definition) is 1. The van der Waals surface area contributed by atoms with Crippen molar-refractivity contribution in [2.45, 2.75) is 19.0 Å². The average Bonchev–Trinajstić information content (AvgIpc) is 3.11. The fraction of sp³-hybridized carbons (Fsp3) is 0.250. The number of anilines is 2. The lowest BCUT2D eigenvalue weighted by atomic mass is 10.3. The number of carboxylic acids is 1. The number of nitrogens with one attached hydrogen (secondary N) is 1. The number of benzene rings is 2. The minimum Gasteiger partial charge on any atom is -0.549 e. The van der Waals surface area contributed by atoms with Crippen LogP contribution in [0, 0.1) is 0 Å². The molecule has 0 fully saturated rings. The highest BCUT2D eigenvalue weighted by molar-refractivity contribution is 7.99. The Labute approximate surface area is 172 Å². The van der Waals surface area contributed by atoms with Crippen LogP contribution in [0.1, 0.15) is 13.8 Å². The van der Waals surface area contributed by atoms with Gasteiger partial charge in [-0.05, 0) is 62.4 Å². The summed E-state index contributed by atoms with van der Waals surface area (Å²) in [4.78, 5) is 10.9. The van der Waals surface area contributed by atoms with Gasteiger partial charge in [0.2, 0.25) is 5.95 Å². The summed E-state index contributed by atoms with van der Waals surface area (Å²) in [6.45, 7) is 5.01.